The van der Waals surface area contributed by atoms with Crippen LogP contribution in [0.15, 0.2) is 24.3 Å². The van der Waals surface area contributed by atoms with E-state index in [0.29, 0.717) is 23.8 Å². The molecule has 96 valence electrons. The van der Waals surface area contributed by atoms with Crippen molar-refractivity contribution in [1.82, 2.24) is 4.72 Å². The maximum atomic E-state index is 11.3. The normalized spacial score (nSPS) is 11.4. The molecule has 4 nitrogen and oxygen atoms in total. The molecule has 0 aromatic heterocycles. The maximum Gasteiger partial charge on any atom is 0.211 e. The standard InChI is InChI=1S/C11H16ClNO3S/c1-2-9-17(14,15)13-7-8-16-11-5-3-10(12)4-6-11/h3-6,13H,2,7-9H2,1H3. The summed E-state index contributed by atoms with van der Waals surface area (Å²) in [6.45, 7) is 2.39. The predicted octanol–water partition coefficient (Wildman–Crippen LogP) is 2.05. The van der Waals surface area contributed by atoms with Crippen LogP contribution in [-0.2, 0) is 10.0 Å². The average Bonchev–Trinajstić information content (AvgIpc) is 2.27. The minimum Gasteiger partial charge on any atom is -0.492 e. The Labute approximate surface area is 107 Å². The van der Waals surface area contributed by atoms with Crippen LogP contribution < -0.4 is 9.46 Å². The van der Waals surface area contributed by atoms with E-state index in [1.807, 2.05) is 6.92 Å². The van der Waals surface area contributed by atoms with Crippen LogP contribution >= 0.6 is 11.6 Å². The van der Waals surface area contributed by atoms with Gasteiger partial charge in [-0.05, 0) is 30.7 Å². The molecule has 0 saturated carbocycles. The van der Waals surface area contributed by atoms with Gasteiger partial charge in [-0.3, -0.25) is 0 Å². The molecule has 1 N–H and O–H groups in total. The van der Waals surface area contributed by atoms with E-state index in [2.05, 4.69) is 4.72 Å². The SMILES string of the molecule is CCCS(=O)(=O)NCCOc1ccc(Cl)cc1. The van der Waals surface area contributed by atoms with Crippen LogP contribution in [0.4, 0.5) is 0 Å². The van der Waals surface area contributed by atoms with E-state index in [-0.39, 0.29) is 12.3 Å². The number of hydrogen-bond donors (Lipinski definition) is 1. The van der Waals surface area contributed by atoms with Crippen LogP contribution in [0.1, 0.15) is 13.3 Å². The summed E-state index contributed by atoms with van der Waals surface area (Å²) in [5, 5.41) is 0.640. The first-order valence-electron chi connectivity index (χ1n) is 5.39. The van der Waals surface area contributed by atoms with Gasteiger partial charge in [0.1, 0.15) is 12.4 Å². The van der Waals surface area contributed by atoms with E-state index in [9.17, 15) is 8.42 Å². The highest BCUT2D eigenvalue weighted by molar-refractivity contribution is 7.89. The summed E-state index contributed by atoms with van der Waals surface area (Å²) >= 11 is 5.72. The molecule has 0 atom stereocenters. The number of hydrogen-bond acceptors (Lipinski definition) is 3. The van der Waals surface area contributed by atoms with Gasteiger partial charge in [0.15, 0.2) is 0 Å². The van der Waals surface area contributed by atoms with E-state index in [1.54, 1.807) is 24.3 Å². The lowest BCUT2D eigenvalue weighted by Gasteiger charge is -2.07. The zero-order chi connectivity index (χ0) is 12.7. The third kappa shape index (κ3) is 5.91. The van der Waals surface area contributed by atoms with Gasteiger partial charge in [0.25, 0.3) is 0 Å². The molecule has 0 bridgehead atoms. The third-order valence-electron chi connectivity index (χ3n) is 1.98. The molecule has 0 fully saturated rings. The molecule has 0 heterocycles. The summed E-state index contributed by atoms with van der Waals surface area (Å²) in [7, 11) is -3.14. The van der Waals surface area contributed by atoms with Crippen molar-refractivity contribution in [3.8, 4) is 5.75 Å². The predicted molar refractivity (Wildman–Crippen MR) is 69.0 cm³/mol. The van der Waals surface area contributed by atoms with Crippen molar-refractivity contribution < 1.29 is 13.2 Å². The lowest BCUT2D eigenvalue weighted by atomic mass is 10.3. The summed E-state index contributed by atoms with van der Waals surface area (Å²) in [5.41, 5.74) is 0. The molecule has 0 aliphatic rings. The average molecular weight is 278 g/mol. The Balaban J connectivity index is 2.27. The van der Waals surface area contributed by atoms with E-state index in [1.165, 1.54) is 0 Å². The van der Waals surface area contributed by atoms with Gasteiger partial charge >= 0.3 is 0 Å². The number of nitrogens with one attached hydrogen (secondary N) is 1. The number of sulfonamides is 1. The quantitative estimate of drug-likeness (QED) is 0.776. The zero-order valence-corrected chi connectivity index (χ0v) is 11.2. The number of halogens is 1. The molecular weight excluding hydrogens is 262 g/mol. The van der Waals surface area contributed by atoms with E-state index < -0.39 is 10.0 Å². The van der Waals surface area contributed by atoms with Gasteiger partial charge in [-0.25, -0.2) is 13.1 Å². The minimum absolute atomic E-state index is 0.147. The highest BCUT2D eigenvalue weighted by Crippen LogP contribution is 2.15. The van der Waals surface area contributed by atoms with Gasteiger partial charge in [0.05, 0.1) is 5.75 Å². The second-order valence-electron chi connectivity index (χ2n) is 3.52. The summed E-state index contributed by atoms with van der Waals surface area (Å²) in [6.07, 6.45) is 0.605. The highest BCUT2D eigenvalue weighted by atomic mass is 35.5. The molecule has 6 heteroatoms. The van der Waals surface area contributed by atoms with Gasteiger partial charge < -0.3 is 4.74 Å². The van der Waals surface area contributed by atoms with Gasteiger partial charge in [-0.1, -0.05) is 18.5 Å². The molecule has 0 saturated heterocycles. The van der Waals surface area contributed by atoms with Gasteiger partial charge in [-0.2, -0.15) is 0 Å². The summed E-state index contributed by atoms with van der Waals surface area (Å²) in [6, 6.07) is 6.92. The maximum absolute atomic E-state index is 11.3. The zero-order valence-electron chi connectivity index (χ0n) is 9.65. The molecule has 1 aromatic carbocycles. The lowest BCUT2D eigenvalue weighted by molar-refractivity contribution is 0.323. The summed E-state index contributed by atoms with van der Waals surface area (Å²) in [4.78, 5) is 0. The van der Waals surface area contributed by atoms with Crippen LogP contribution in [0.2, 0.25) is 5.02 Å². The molecular formula is C11H16ClNO3S. The number of benzene rings is 1. The minimum atomic E-state index is -3.14. The molecule has 0 radical (unpaired) electrons. The second kappa shape index (κ2) is 6.83. The van der Waals surface area contributed by atoms with E-state index >= 15 is 0 Å². The van der Waals surface area contributed by atoms with E-state index in [4.69, 9.17) is 16.3 Å². The van der Waals surface area contributed by atoms with Crippen molar-refractivity contribution >= 4 is 21.6 Å². The first kappa shape index (κ1) is 14.3. The van der Waals surface area contributed by atoms with E-state index in [0.717, 1.165) is 0 Å². The Kier molecular flexibility index (Phi) is 5.74. The van der Waals surface area contributed by atoms with Crippen molar-refractivity contribution in [2.75, 3.05) is 18.9 Å². The van der Waals surface area contributed by atoms with Crippen molar-refractivity contribution in [2.45, 2.75) is 13.3 Å². The van der Waals surface area contributed by atoms with Gasteiger partial charge in [0.2, 0.25) is 10.0 Å². The van der Waals surface area contributed by atoms with Crippen LogP contribution in [-0.4, -0.2) is 27.3 Å². The van der Waals surface area contributed by atoms with Crippen molar-refractivity contribution in [2.24, 2.45) is 0 Å². The van der Waals surface area contributed by atoms with Crippen LogP contribution in [0.3, 0.4) is 0 Å². The first-order chi connectivity index (χ1) is 8.03. The number of ether oxygens (including phenoxy) is 1. The largest absolute Gasteiger partial charge is 0.492 e. The Morgan fingerprint density at radius 2 is 1.94 bits per heavy atom. The highest BCUT2D eigenvalue weighted by Gasteiger charge is 2.06. The Morgan fingerprint density at radius 3 is 2.53 bits per heavy atom. The molecule has 1 rings (SSSR count). The smallest absolute Gasteiger partial charge is 0.211 e. The molecule has 0 unspecified atom stereocenters. The molecule has 0 spiro atoms. The Morgan fingerprint density at radius 1 is 1.29 bits per heavy atom. The second-order valence-corrected chi connectivity index (χ2v) is 5.88. The summed E-state index contributed by atoms with van der Waals surface area (Å²) in [5.74, 6) is 0.817. The third-order valence-corrected chi connectivity index (χ3v) is 3.82. The Bertz CT molecular complexity index is 431. The molecule has 17 heavy (non-hydrogen) atoms. The van der Waals surface area contributed by atoms with Gasteiger partial charge in [-0.15, -0.1) is 0 Å². The van der Waals surface area contributed by atoms with Crippen molar-refractivity contribution in [3.63, 3.8) is 0 Å². The van der Waals surface area contributed by atoms with Crippen LogP contribution in [0.25, 0.3) is 0 Å². The van der Waals surface area contributed by atoms with Gasteiger partial charge in [0, 0.05) is 11.6 Å². The fourth-order valence-corrected chi connectivity index (χ4v) is 2.44. The lowest BCUT2D eigenvalue weighted by Crippen LogP contribution is -2.30. The first-order valence-corrected chi connectivity index (χ1v) is 7.42. The molecule has 1 aromatic rings. The topological polar surface area (TPSA) is 55.4 Å². The fourth-order valence-electron chi connectivity index (χ4n) is 1.24. The fraction of sp³-hybridized carbons (Fsp3) is 0.455. The summed E-state index contributed by atoms with van der Waals surface area (Å²) < 4.78 is 30.4. The Hall–Kier alpha value is -0.780. The molecule has 0 amide bonds. The molecule has 0 aliphatic heterocycles. The molecule has 0 aliphatic carbocycles. The number of rotatable bonds is 7. The van der Waals surface area contributed by atoms with Crippen LogP contribution in [0.5, 0.6) is 5.75 Å². The monoisotopic (exact) mass is 277 g/mol. The van der Waals surface area contributed by atoms with Crippen molar-refractivity contribution in [3.05, 3.63) is 29.3 Å². The van der Waals surface area contributed by atoms with Crippen LogP contribution in [0, 0.1) is 0 Å². The van der Waals surface area contributed by atoms with Crippen molar-refractivity contribution in [1.29, 1.82) is 0 Å².